The van der Waals surface area contributed by atoms with Crippen LogP contribution in [0.3, 0.4) is 0 Å². The fraction of sp³-hybridized carbons (Fsp3) is 0.208. The Morgan fingerprint density at radius 2 is 1.97 bits per heavy atom. The molecule has 0 radical (unpaired) electrons. The topological polar surface area (TPSA) is 57.1 Å². The first kappa shape index (κ1) is 20.3. The van der Waals surface area contributed by atoms with Gasteiger partial charge in [0.05, 0.1) is 5.36 Å². The number of nitrogens with one attached hydrogen (secondary N) is 1. The number of amides is 1. The maximum absolute atomic E-state index is 13.2. The Balaban J connectivity index is 1.72. The van der Waals surface area contributed by atoms with Crippen molar-refractivity contribution in [2.45, 2.75) is 25.9 Å². The van der Waals surface area contributed by atoms with E-state index in [9.17, 15) is 4.79 Å². The molecule has 31 heavy (non-hydrogen) atoms. The fourth-order valence-corrected chi connectivity index (χ4v) is 5.21. The number of carbonyl (C=O) groups is 1. The molecule has 2 aliphatic heterocycles. The lowest BCUT2D eigenvalue weighted by atomic mass is 10.0. The van der Waals surface area contributed by atoms with Crippen LogP contribution in [0, 0.1) is 0 Å². The Hall–Kier alpha value is -2.64. The fourth-order valence-electron chi connectivity index (χ4n) is 3.91. The summed E-state index contributed by atoms with van der Waals surface area (Å²) >= 11 is 5.11. The largest absolute Gasteiger partial charge is 0.298 e. The van der Waals surface area contributed by atoms with Crippen LogP contribution < -0.4 is 15.9 Å². The Bertz CT molecular complexity index is 1330. The predicted molar refractivity (Wildman–Crippen MR) is 130 cm³/mol. The number of carbonyl (C=O) groups excluding carboxylic acids is 1. The molecule has 1 atom stereocenters. The molecule has 3 aromatic carbocycles. The van der Waals surface area contributed by atoms with Gasteiger partial charge in [-0.25, -0.2) is 5.01 Å². The molecule has 0 aliphatic carbocycles. The van der Waals surface area contributed by atoms with Gasteiger partial charge in [0.1, 0.15) is 5.70 Å². The Kier molecular flexibility index (Phi) is 5.54. The summed E-state index contributed by atoms with van der Waals surface area (Å²) in [5.41, 5.74) is 1.56. The SMILES string of the molecule is CCCCSC1=NN2C(=c3cc(Br)ccc3=N[C@H]2c2cccc3ccccc23)C(=O)N1. The maximum Gasteiger partial charge on any atom is 0.276 e. The molecule has 0 bridgehead atoms. The van der Waals surface area contributed by atoms with E-state index in [0.717, 1.165) is 50.0 Å². The molecule has 0 spiro atoms. The summed E-state index contributed by atoms with van der Waals surface area (Å²) in [6.45, 7) is 2.16. The van der Waals surface area contributed by atoms with Gasteiger partial charge < -0.3 is 0 Å². The number of nitrogens with zero attached hydrogens (tertiary/aromatic N) is 3. The van der Waals surface area contributed by atoms with Crippen molar-refractivity contribution in [1.29, 1.82) is 0 Å². The highest BCUT2D eigenvalue weighted by atomic mass is 79.9. The number of benzene rings is 3. The molecule has 0 unspecified atom stereocenters. The number of rotatable bonds is 4. The second kappa shape index (κ2) is 8.48. The van der Waals surface area contributed by atoms with Crippen LogP contribution in [0.25, 0.3) is 16.5 Å². The van der Waals surface area contributed by atoms with Crippen LogP contribution >= 0.6 is 27.7 Å². The van der Waals surface area contributed by atoms with Gasteiger partial charge in [-0.1, -0.05) is 83.5 Å². The molecule has 0 saturated heterocycles. The Morgan fingerprint density at radius 3 is 2.84 bits per heavy atom. The van der Waals surface area contributed by atoms with Crippen LogP contribution in [-0.2, 0) is 4.79 Å². The van der Waals surface area contributed by atoms with Crippen LogP contribution in [-0.4, -0.2) is 21.8 Å². The van der Waals surface area contributed by atoms with Gasteiger partial charge >= 0.3 is 0 Å². The van der Waals surface area contributed by atoms with Crippen LogP contribution in [0.15, 0.2) is 75.2 Å². The number of thioether (sulfide) groups is 1. The van der Waals surface area contributed by atoms with Gasteiger partial charge in [-0.05, 0) is 35.4 Å². The lowest BCUT2D eigenvalue weighted by Crippen LogP contribution is -2.50. The van der Waals surface area contributed by atoms with Crippen molar-refractivity contribution < 1.29 is 4.79 Å². The minimum Gasteiger partial charge on any atom is -0.298 e. The zero-order valence-corrected chi connectivity index (χ0v) is 19.4. The summed E-state index contributed by atoms with van der Waals surface area (Å²) in [5.74, 6) is 0.769. The van der Waals surface area contributed by atoms with Crippen molar-refractivity contribution in [3.05, 3.63) is 81.3 Å². The highest BCUT2D eigenvalue weighted by Crippen LogP contribution is 2.34. The first-order valence-electron chi connectivity index (χ1n) is 10.3. The van der Waals surface area contributed by atoms with Gasteiger partial charge in [-0.15, -0.1) is 5.10 Å². The first-order chi connectivity index (χ1) is 15.2. The average molecular weight is 493 g/mol. The van der Waals surface area contributed by atoms with Crippen molar-refractivity contribution >= 4 is 55.2 Å². The number of hydrogen-bond acceptors (Lipinski definition) is 5. The third-order valence-corrected chi connectivity index (χ3v) is 6.85. The number of hydrazone groups is 1. The van der Waals surface area contributed by atoms with Gasteiger partial charge in [0, 0.05) is 21.0 Å². The van der Waals surface area contributed by atoms with Crippen LogP contribution in [0.2, 0.25) is 0 Å². The van der Waals surface area contributed by atoms with E-state index in [4.69, 9.17) is 10.1 Å². The van der Waals surface area contributed by atoms with Crippen molar-refractivity contribution in [3.63, 3.8) is 0 Å². The van der Waals surface area contributed by atoms with Crippen LogP contribution in [0.5, 0.6) is 0 Å². The highest BCUT2D eigenvalue weighted by Gasteiger charge is 2.35. The average Bonchev–Trinajstić information content (AvgIpc) is 2.78. The molecule has 1 N–H and O–H groups in total. The van der Waals surface area contributed by atoms with E-state index in [2.05, 4.69) is 52.4 Å². The predicted octanol–water partition coefficient (Wildman–Crippen LogP) is 4.28. The third-order valence-electron chi connectivity index (χ3n) is 5.41. The lowest BCUT2D eigenvalue weighted by molar-refractivity contribution is -0.116. The Morgan fingerprint density at radius 1 is 1.13 bits per heavy atom. The van der Waals surface area contributed by atoms with Gasteiger partial charge in [0.15, 0.2) is 11.3 Å². The van der Waals surface area contributed by atoms with Crippen molar-refractivity contribution in [2.24, 2.45) is 10.1 Å². The van der Waals surface area contributed by atoms with Crippen molar-refractivity contribution in [1.82, 2.24) is 10.3 Å². The molecule has 0 fully saturated rings. The standard InChI is InChI=1S/C24H21BrN4OS/c1-2-3-13-31-24-27-23(30)21-19-14-16(25)11-12-20(19)26-22(29(21)28-24)18-10-6-8-15-7-4-5-9-17(15)18/h4-12,14,22H,2-3,13H2,1H3,(H,27,28,30)/t22-/m1/s1. The summed E-state index contributed by atoms with van der Waals surface area (Å²) < 4.78 is 0.900. The maximum atomic E-state index is 13.2. The summed E-state index contributed by atoms with van der Waals surface area (Å²) in [4.78, 5) is 18.3. The minimum atomic E-state index is -0.414. The molecule has 7 heteroatoms. The highest BCUT2D eigenvalue weighted by molar-refractivity contribution is 9.10. The molecule has 1 amide bonds. The zero-order valence-electron chi connectivity index (χ0n) is 17.0. The van der Waals surface area contributed by atoms with Crippen LogP contribution in [0.4, 0.5) is 0 Å². The van der Waals surface area contributed by atoms with Gasteiger partial charge in [-0.2, -0.15) is 0 Å². The molecule has 0 aromatic heterocycles. The van der Waals surface area contributed by atoms with Gasteiger partial charge in [0.25, 0.3) is 5.91 Å². The van der Waals surface area contributed by atoms with E-state index in [0.29, 0.717) is 10.9 Å². The van der Waals surface area contributed by atoms with E-state index in [1.165, 1.54) is 0 Å². The number of hydrogen-bond donors (Lipinski definition) is 1. The van der Waals surface area contributed by atoms with Crippen LogP contribution in [0.1, 0.15) is 31.5 Å². The summed E-state index contributed by atoms with van der Waals surface area (Å²) in [7, 11) is 0. The molecule has 2 aliphatic rings. The number of fused-ring (bicyclic) bond motifs is 3. The van der Waals surface area contributed by atoms with Crippen molar-refractivity contribution in [3.8, 4) is 0 Å². The molecule has 3 aromatic rings. The number of amidine groups is 1. The quantitative estimate of drug-likeness (QED) is 0.553. The second-order valence-electron chi connectivity index (χ2n) is 7.49. The van der Waals surface area contributed by atoms with E-state index >= 15 is 0 Å². The summed E-state index contributed by atoms with van der Waals surface area (Å²) in [5, 5.41) is 14.1. The molecule has 5 nitrogen and oxygen atoms in total. The monoisotopic (exact) mass is 492 g/mol. The smallest absolute Gasteiger partial charge is 0.276 e. The second-order valence-corrected chi connectivity index (χ2v) is 9.49. The normalized spacial score (nSPS) is 17.5. The molecule has 0 saturated carbocycles. The minimum absolute atomic E-state index is 0.145. The number of halogens is 1. The molecule has 5 rings (SSSR count). The van der Waals surface area contributed by atoms with Crippen molar-refractivity contribution in [2.75, 3.05) is 5.75 Å². The first-order valence-corrected chi connectivity index (χ1v) is 12.1. The van der Waals surface area contributed by atoms with Gasteiger partial charge in [0.2, 0.25) is 0 Å². The van der Waals surface area contributed by atoms with E-state index < -0.39 is 6.17 Å². The van der Waals surface area contributed by atoms with E-state index in [1.54, 1.807) is 16.8 Å². The zero-order chi connectivity index (χ0) is 21.4. The van der Waals surface area contributed by atoms with E-state index in [-0.39, 0.29) is 5.91 Å². The molecule has 156 valence electrons. The lowest BCUT2D eigenvalue weighted by Gasteiger charge is -2.34. The summed E-state index contributed by atoms with van der Waals surface area (Å²) in [6.07, 6.45) is 1.76. The summed E-state index contributed by atoms with van der Waals surface area (Å²) in [6, 6.07) is 20.3. The third kappa shape index (κ3) is 3.77. The van der Waals surface area contributed by atoms with E-state index in [1.807, 2.05) is 36.4 Å². The molecule has 2 heterocycles. The molecular weight excluding hydrogens is 472 g/mol. The molecular formula is C24H21BrN4OS. The number of unbranched alkanes of at least 4 members (excludes halogenated alkanes) is 1. The van der Waals surface area contributed by atoms with Gasteiger partial charge in [-0.3, -0.25) is 15.1 Å². The Labute approximate surface area is 193 Å².